The van der Waals surface area contributed by atoms with E-state index in [2.05, 4.69) is 4.74 Å². The zero-order valence-corrected chi connectivity index (χ0v) is 4.18. The molecule has 1 radical (unpaired) electrons. The normalized spacial score (nSPS) is 8.29. The fourth-order valence-corrected chi connectivity index (χ4v) is 0.180. The first kappa shape index (κ1) is 6.43. The predicted octanol–water partition coefficient (Wildman–Crippen LogP) is -0.330. The van der Waals surface area contributed by atoms with Crippen LogP contribution in [0.4, 0.5) is 0 Å². The van der Waals surface area contributed by atoms with Gasteiger partial charge in [-0.25, -0.2) is 0 Å². The van der Waals surface area contributed by atoms with E-state index >= 15 is 0 Å². The molecule has 7 heavy (non-hydrogen) atoms. The van der Waals surface area contributed by atoms with E-state index in [1.54, 1.807) is 6.92 Å². The van der Waals surface area contributed by atoms with Crippen LogP contribution in [-0.4, -0.2) is 12.5 Å². The van der Waals surface area contributed by atoms with Gasteiger partial charge in [0, 0.05) is 0 Å². The first-order valence-corrected chi connectivity index (χ1v) is 1.98. The van der Waals surface area contributed by atoms with Gasteiger partial charge in [-0.05, 0) is 6.92 Å². The van der Waals surface area contributed by atoms with Gasteiger partial charge in [-0.15, -0.1) is 0 Å². The Kier molecular flexibility index (Phi) is 3.32. The fraction of sp³-hybridized carbons (Fsp3) is 0.500. The number of carbonyl (C=O) groups excluding carboxylic acids is 1. The molecule has 0 aromatic heterocycles. The Hall–Kier alpha value is -0.570. The molecule has 3 nitrogen and oxygen atoms in total. The van der Waals surface area contributed by atoms with Crippen molar-refractivity contribution in [2.45, 2.75) is 6.92 Å². The Morgan fingerprint density at radius 1 is 2.00 bits per heavy atom. The highest BCUT2D eigenvalue weighted by Gasteiger charge is 1.92. The quantitative estimate of drug-likeness (QED) is 0.486. The van der Waals surface area contributed by atoms with Crippen LogP contribution in [0, 0.1) is 6.61 Å². The van der Waals surface area contributed by atoms with E-state index in [1.165, 1.54) is 6.61 Å². The maximum absolute atomic E-state index is 10.0. The number of esters is 1. The third-order valence-electron chi connectivity index (χ3n) is 0.416. The monoisotopic (exact) mass is 102 g/mol. The van der Waals surface area contributed by atoms with E-state index in [1.807, 2.05) is 0 Å². The number of hydrogen-bond acceptors (Lipinski definition) is 3. The summed E-state index contributed by atoms with van der Waals surface area (Å²) in [5.74, 6) is -0.400. The standard InChI is InChI=1S/C4H8NO2/c1-2-7-4(6)3-5/h2H,3,5H2,1H3. The van der Waals surface area contributed by atoms with Gasteiger partial charge in [0.1, 0.15) is 6.61 Å². The maximum atomic E-state index is 10.0. The average molecular weight is 102 g/mol. The second-order valence-electron chi connectivity index (χ2n) is 0.930. The van der Waals surface area contributed by atoms with E-state index < -0.39 is 5.97 Å². The van der Waals surface area contributed by atoms with Crippen LogP contribution >= 0.6 is 0 Å². The van der Waals surface area contributed by atoms with Crippen molar-refractivity contribution in [2.24, 2.45) is 5.73 Å². The van der Waals surface area contributed by atoms with Gasteiger partial charge < -0.3 is 10.5 Å². The van der Waals surface area contributed by atoms with Crippen molar-refractivity contribution in [3.8, 4) is 0 Å². The highest BCUT2D eigenvalue weighted by atomic mass is 16.5. The van der Waals surface area contributed by atoms with Crippen molar-refractivity contribution in [1.29, 1.82) is 0 Å². The molecule has 3 heteroatoms. The summed E-state index contributed by atoms with van der Waals surface area (Å²) in [4.78, 5) is 10.0. The summed E-state index contributed by atoms with van der Waals surface area (Å²) >= 11 is 0. The van der Waals surface area contributed by atoms with Crippen LogP contribution in [0.1, 0.15) is 6.92 Å². The third-order valence-corrected chi connectivity index (χ3v) is 0.416. The topological polar surface area (TPSA) is 52.3 Å². The SMILES string of the molecule is C[CH]OC(=O)CN. The number of ether oxygens (including phenoxy) is 1. The van der Waals surface area contributed by atoms with Crippen LogP contribution in [-0.2, 0) is 9.53 Å². The first-order chi connectivity index (χ1) is 3.31. The first-order valence-electron chi connectivity index (χ1n) is 1.98. The number of hydrogen-bond donors (Lipinski definition) is 1. The van der Waals surface area contributed by atoms with Gasteiger partial charge in [-0.2, -0.15) is 0 Å². The van der Waals surface area contributed by atoms with Gasteiger partial charge in [0.2, 0.25) is 0 Å². The molecule has 0 fully saturated rings. The molecule has 0 spiro atoms. The van der Waals surface area contributed by atoms with Gasteiger partial charge in [0.25, 0.3) is 0 Å². The van der Waals surface area contributed by atoms with E-state index in [0.717, 1.165) is 0 Å². The Labute approximate surface area is 42.4 Å². The molecule has 0 amide bonds. The van der Waals surface area contributed by atoms with E-state index in [-0.39, 0.29) is 6.54 Å². The molecule has 0 aromatic carbocycles. The summed E-state index contributed by atoms with van der Waals surface area (Å²) in [6, 6.07) is 0. The van der Waals surface area contributed by atoms with Crippen molar-refractivity contribution in [2.75, 3.05) is 6.54 Å². The largest absolute Gasteiger partial charge is 0.458 e. The van der Waals surface area contributed by atoms with Gasteiger partial charge >= 0.3 is 5.97 Å². The Morgan fingerprint density at radius 2 is 2.57 bits per heavy atom. The minimum atomic E-state index is -0.400. The molecular formula is C4H8NO2. The van der Waals surface area contributed by atoms with E-state index in [4.69, 9.17) is 5.73 Å². The van der Waals surface area contributed by atoms with E-state index in [9.17, 15) is 4.79 Å². The number of carbonyl (C=O) groups is 1. The fourth-order valence-electron chi connectivity index (χ4n) is 0.180. The number of rotatable bonds is 2. The minimum absolute atomic E-state index is 0.0513. The molecule has 0 aliphatic rings. The lowest BCUT2D eigenvalue weighted by atomic mass is 10.7. The van der Waals surface area contributed by atoms with Crippen molar-refractivity contribution in [3.63, 3.8) is 0 Å². The molecule has 0 heterocycles. The van der Waals surface area contributed by atoms with Gasteiger partial charge in [0.05, 0.1) is 6.54 Å². The summed E-state index contributed by atoms with van der Waals surface area (Å²) in [7, 11) is 0. The molecule has 0 aromatic rings. The summed E-state index contributed by atoms with van der Waals surface area (Å²) in [6.45, 7) is 2.87. The molecule has 41 valence electrons. The smallest absolute Gasteiger partial charge is 0.320 e. The van der Waals surface area contributed by atoms with Crippen molar-refractivity contribution >= 4 is 5.97 Å². The van der Waals surface area contributed by atoms with Crippen LogP contribution in [0.3, 0.4) is 0 Å². The highest BCUT2D eigenvalue weighted by molar-refractivity contribution is 5.71. The van der Waals surface area contributed by atoms with Crippen LogP contribution in [0.5, 0.6) is 0 Å². The third kappa shape index (κ3) is 3.26. The second-order valence-corrected chi connectivity index (χ2v) is 0.930. The van der Waals surface area contributed by atoms with Crippen LogP contribution < -0.4 is 5.73 Å². The average Bonchev–Trinajstić information content (AvgIpc) is 1.68. The van der Waals surface area contributed by atoms with Crippen molar-refractivity contribution < 1.29 is 9.53 Å². The van der Waals surface area contributed by atoms with Crippen LogP contribution in [0.2, 0.25) is 0 Å². The molecule has 0 atom stereocenters. The minimum Gasteiger partial charge on any atom is -0.458 e. The van der Waals surface area contributed by atoms with Crippen molar-refractivity contribution in [1.82, 2.24) is 0 Å². The lowest BCUT2D eigenvalue weighted by molar-refractivity contribution is -0.138. The molecule has 0 unspecified atom stereocenters. The second kappa shape index (κ2) is 3.61. The molecule has 0 aliphatic heterocycles. The molecule has 0 bridgehead atoms. The zero-order chi connectivity index (χ0) is 5.70. The Balaban J connectivity index is 3.00. The summed E-state index contributed by atoms with van der Waals surface area (Å²) in [5.41, 5.74) is 4.86. The molecular weight excluding hydrogens is 94.0 g/mol. The zero-order valence-electron chi connectivity index (χ0n) is 4.18. The summed E-state index contributed by atoms with van der Waals surface area (Å²) in [6.07, 6.45) is 0. The van der Waals surface area contributed by atoms with Gasteiger partial charge in [-0.3, -0.25) is 4.79 Å². The Bertz CT molecular complexity index is 62.7. The van der Waals surface area contributed by atoms with Crippen molar-refractivity contribution in [3.05, 3.63) is 6.61 Å². The van der Waals surface area contributed by atoms with Gasteiger partial charge in [0.15, 0.2) is 0 Å². The van der Waals surface area contributed by atoms with Gasteiger partial charge in [-0.1, -0.05) is 0 Å². The van der Waals surface area contributed by atoms with Crippen LogP contribution in [0.25, 0.3) is 0 Å². The Morgan fingerprint density at radius 3 is 2.71 bits per heavy atom. The molecule has 0 aliphatic carbocycles. The lowest BCUT2D eigenvalue weighted by Gasteiger charge is -1.92. The predicted molar refractivity (Wildman–Crippen MR) is 25.1 cm³/mol. The van der Waals surface area contributed by atoms with Crippen LogP contribution in [0.15, 0.2) is 0 Å². The van der Waals surface area contributed by atoms with E-state index in [0.29, 0.717) is 0 Å². The maximum Gasteiger partial charge on any atom is 0.320 e. The molecule has 0 rings (SSSR count). The lowest BCUT2D eigenvalue weighted by Crippen LogP contribution is -2.14. The number of nitrogens with two attached hydrogens (primary N) is 1. The molecule has 0 saturated heterocycles. The molecule has 0 saturated carbocycles. The summed E-state index contributed by atoms with van der Waals surface area (Å²) in [5, 5.41) is 0. The molecule has 2 N–H and O–H groups in total. The highest BCUT2D eigenvalue weighted by Crippen LogP contribution is 1.76. The summed E-state index contributed by atoms with van der Waals surface area (Å²) < 4.78 is 4.30.